The zero-order valence-electron chi connectivity index (χ0n) is 26.7. The highest BCUT2D eigenvalue weighted by atomic mass is 32.2. The number of ether oxygens (including phenoxy) is 2. The van der Waals surface area contributed by atoms with Crippen molar-refractivity contribution in [1.82, 2.24) is 15.0 Å². The maximum Gasteiger partial charge on any atom is 0.398 e. The Morgan fingerprint density at radius 2 is 1.85 bits per heavy atom. The van der Waals surface area contributed by atoms with E-state index >= 15 is 0 Å². The fourth-order valence-electron chi connectivity index (χ4n) is 5.21. The van der Waals surface area contributed by atoms with E-state index in [1.165, 1.54) is 42.5 Å². The molecule has 1 aliphatic carbocycles. The molecule has 1 aliphatic heterocycles. The zero-order valence-corrected chi connectivity index (χ0v) is 27.5. The predicted molar refractivity (Wildman–Crippen MR) is 170 cm³/mol. The summed E-state index contributed by atoms with van der Waals surface area (Å²) in [5, 5.41) is 11.8. The minimum absolute atomic E-state index is 0.0138. The summed E-state index contributed by atoms with van der Waals surface area (Å²) < 4.78 is 85.2. The van der Waals surface area contributed by atoms with Crippen molar-refractivity contribution in [3.63, 3.8) is 0 Å². The van der Waals surface area contributed by atoms with Gasteiger partial charge in [-0.05, 0) is 88.1 Å². The van der Waals surface area contributed by atoms with Gasteiger partial charge in [-0.2, -0.15) is 13.2 Å². The number of carbonyl (C=O) groups is 1. The molecule has 1 aromatic heterocycles. The van der Waals surface area contributed by atoms with E-state index in [9.17, 15) is 31.7 Å². The SMILES string of the molecule is CC1(CNS(=O)C(C)(C)C)COc2c1cc(C(CNC(=O)c1ccc(CCO)c(OC3CC3)c1)C(F)(F)F)nc2-c1ccc(F)cc1. The molecule has 3 unspecified atom stereocenters. The zero-order chi connectivity index (χ0) is 34.1. The molecule has 0 saturated heterocycles. The van der Waals surface area contributed by atoms with Crippen molar-refractivity contribution in [3.8, 4) is 22.8 Å². The number of benzene rings is 2. The van der Waals surface area contributed by atoms with Gasteiger partial charge in [0.05, 0.1) is 34.1 Å². The normalized spacial score (nSPS) is 19.1. The summed E-state index contributed by atoms with van der Waals surface area (Å²) in [6.45, 7) is 6.51. The van der Waals surface area contributed by atoms with E-state index in [1.807, 2.05) is 0 Å². The highest BCUT2D eigenvalue weighted by molar-refractivity contribution is 7.84. The van der Waals surface area contributed by atoms with Crippen LogP contribution >= 0.6 is 0 Å². The minimum Gasteiger partial charge on any atom is -0.490 e. The summed E-state index contributed by atoms with van der Waals surface area (Å²) in [6.07, 6.45) is -2.75. The molecule has 3 atom stereocenters. The van der Waals surface area contributed by atoms with E-state index in [0.29, 0.717) is 28.9 Å². The number of amides is 1. The Kier molecular flexibility index (Phi) is 10.0. The van der Waals surface area contributed by atoms with Crippen LogP contribution in [0.5, 0.6) is 11.5 Å². The molecule has 2 aromatic carbocycles. The van der Waals surface area contributed by atoms with Crippen LogP contribution in [0.4, 0.5) is 17.6 Å². The first-order valence-corrected chi connectivity index (χ1v) is 16.6. The van der Waals surface area contributed by atoms with Crippen LogP contribution < -0.4 is 19.5 Å². The molecule has 5 rings (SSSR count). The number of aliphatic hydroxyl groups is 1. The summed E-state index contributed by atoms with van der Waals surface area (Å²) in [5.74, 6) is -2.76. The molecule has 0 spiro atoms. The lowest BCUT2D eigenvalue weighted by molar-refractivity contribution is -0.149. The number of hydrogen-bond acceptors (Lipinski definition) is 6. The minimum atomic E-state index is -4.80. The van der Waals surface area contributed by atoms with Gasteiger partial charge in [0, 0.05) is 41.8 Å². The number of halogens is 4. The average Bonchev–Trinajstić information content (AvgIpc) is 3.76. The number of nitrogens with one attached hydrogen (secondary N) is 2. The number of nitrogens with zero attached hydrogens (tertiary/aromatic N) is 1. The second-order valence-electron chi connectivity index (χ2n) is 13.2. The molecule has 2 heterocycles. The Morgan fingerprint density at radius 1 is 1.15 bits per heavy atom. The highest BCUT2D eigenvalue weighted by Crippen LogP contribution is 2.46. The fourth-order valence-corrected chi connectivity index (χ4v) is 6.09. The van der Waals surface area contributed by atoms with Crippen LogP contribution in [0.25, 0.3) is 11.3 Å². The summed E-state index contributed by atoms with van der Waals surface area (Å²) in [6, 6.07) is 11.1. The second kappa shape index (κ2) is 13.5. The maximum atomic E-state index is 14.8. The number of hydrogen-bond donors (Lipinski definition) is 3. The first-order chi connectivity index (χ1) is 22.1. The van der Waals surface area contributed by atoms with Crippen molar-refractivity contribution >= 4 is 16.9 Å². The summed E-state index contributed by atoms with van der Waals surface area (Å²) >= 11 is 0. The van der Waals surface area contributed by atoms with Gasteiger partial charge in [0.15, 0.2) is 0 Å². The van der Waals surface area contributed by atoms with E-state index < -0.39 is 51.5 Å². The maximum absolute atomic E-state index is 14.8. The van der Waals surface area contributed by atoms with Gasteiger partial charge < -0.3 is 19.9 Å². The molecule has 3 aromatic rings. The fraction of sp³-hybridized carbons (Fsp3) is 0.471. The molecule has 1 fully saturated rings. The van der Waals surface area contributed by atoms with Crippen LogP contribution in [0.15, 0.2) is 48.5 Å². The van der Waals surface area contributed by atoms with Crippen LogP contribution in [0.3, 0.4) is 0 Å². The number of carbonyl (C=O) groups excluding carboxylic acids is 1. The average molecular weight is 678 g/mol. The number of pyridine rings is 1. The number of aliphatic hydroxyl groups excluding tert-OH is 1. The van der Waals surface area contributed by atoms with Gasteiger partial charge in [-0.15, -0.1) is 0 Å². The Labute approximate surface area is 273 Å². The number of rotatable bonds is 12. The Morgan fingerprint density at radius 3 is 2.47 bits per heavy atom. The summed E-state index contributed by atoms with van der Waals surface area (Å²) in [4.78, 5) is 17.6. The van der Waals surface area contributed by atoms with Crippen LogP contribution in [0, 0.1) is 5.82 Å². The molecule has 1 amide bonds. The van der Waals surface area contributed by atoms with Crippen molar-refractivity contribution in [2.45, 2.75) is 75.3 Å². The first-order valence-electron chi connectivity index (χ1n) is 15.4. The molecular weight excluding hydrogens is 638 g/mol. The van der Waals surface area contributed by atoms with Gasteiger partial charge >= 0.3 is 6.18 Å². The third-order valence-electron chi connectivity index (χ3n) is 8.19. The van der Waals surface area contributed by atoms with Gasteiger partial charge in [-0.3, -0.25) is 4.79 Å². The van der Waals surface area contributed by atoms with Crippen molar-refractivity contribution in [1.29, 1.82) is 0 Å². The van der Waals surface area contributed by atoms with Crippen LogP contribution in [-0.2, 0) is 22.8 Å². The van der Waals surface area contributed by atoms with Crippen LogP contribution in [-0.4, -0.2) is 63.5 Å². The van der Waals surface area contributed by atoms with Gasteiger partial charge in [-0.1, -0.05) is 13.0 Å². The number of alkyl halides is 3. The lowest BCUT2D eigenvalue weighted by Crippen LogP contribution is -2.42. The van der Waals surface area contributed by atoms with E-state index in [0.717, 1.165) is 12.8 Å². The quantitative estimate of drug-likeness (QED) is 0.211. The largest absolute Gasteiger partial charge is 0.490 e. The van der Waals surface area contributed by atoms with Crippen molar-refractivity contribution in [2.75, 3.05) is 26.3 Å². The molecule has 13 heteroatoms. The Balaban J connectivity index is 1.48. The molecule has 1 saturated carbocycles. The predicted octanol–water partition coefficient (Wildman–Crippen LogP) is 5.74. The van der Waals surface area contributed by atoms with Gasteiger partial charge in [0.2, 0.25) is 0 Å². The van der Waals surface area contributed by atoms with Crippen LogP contribution in [0.2, 0.25) is 0 Å². The van der Waals surface area contributed by atoms with Gasteiger partial charge in [0.1, 0.15) is 28.9 Å². The molecule has 0 bridgehead atoms. The number of aromatic nitrogens is 1. The van der Waals surface area contributed by atoms with Gasteiger partial charge in [0.25, 0.3) is 5.91 Å². The monoisotopic (exact) mass is 677 g/mol. The molecule has 47 heavy (non-hydrogen) atoms. The molecule has 2 aliphatic rings. The highest BCUT2D eigenvalue weighted by Gasteiger charge is 2.45. The van der Waals surface area contributed by atoms with Crippen molar-refractivity contribution in [2.24, 2.45) is 0 Å². The lowest BCUT2D eigenvalue weighted by Gasteiger charge is -2.27. The van der Waals surface area contributed by atoms with E-state index in [1.54, 1.807) is 33.8 Å². The van der Waals surface area contributed by atoms with Crippen molar-refractivity contribution in [3.05, 3.63) is 76.7 Å². The smallest absolute Gasteiger partial charge is 0.398 e. The second-order valence-corrected chi connectivity index (χ2v) is 15.3. The Bertz CT molecular complexity index is 1640. The third kappa shape index (κ3) is 8.13. The van der Waals surface area contributed by atoms with E-state index in [4.69, 9.17) is 9.47 Å². The Hall–Kier alpha value is -3.55. The summed E-state index contributed by atoms with van der Waals surface area (Å²) in [5.41, 5.74) is 0.497. The standard InChI is InChI=1S/C34H39F4N3O5S/c1-32(2,3)47(44)40-18-33(4)19-45-30-25(33)16-27(41-29(30)21-7-9-23(35)10-8-21)26(34(36,37)38)17-39-31(43)22-6-5-20(13-14-42)28(15-22)46-24-11-12-24/h5-10,15-16,24,26,40,42H,11-14,17-19H2,1-4H3,(H,39,43). The molecule has 8 nitrogen and oxygen atoms in total. The number of fused-ring (bicyclic) bond motifs is 1. The molecule has 0 radical (unpaired) electrons. The van der Waals surface area contributed by atoms with E-state index in [-0.39, 0.29) is 48.6 Å². The van der Waals surface area contributed by atoms with Crippen molar-refractivity contribution < 1.29 is 41.1 Å². The topological polar surface area (TPSA) is 110 Å². The first kappa shape index (κ1) is 34.8. The lowest BCUT2D eigenvalue weighted by atomic mass is 9.83. The third-order valence-corrected chi connectivity index (χ3v) is 9.71. The molecule has 3 N–H and O–H groups in total. The van der Waals surface area contributed by atoms with E-state index in [2.05, 4.69) is 15.0 Å². The van der Waals surface area contributed by atoms with Crippen LogP contribution in [0.1, 0.15) is 73.6 Å². The molecule has 254 valence electrons. The summed E-state index contributed by atoms with van der Waals surface area (Å²) in [7, 11) is -1.45. The van der Waals surface area contributed by atoms with Gasteiger partial charge in [-0.25, -0.2) is 18.3 Å². The molecular formula is C34H39F4N3O5S.